The summed E-state index contributed by atoms with van der Waals surface area (Å²) in [6.45, 7) is 1.55. The number of benzene rings is 1. The second-order valence-electron chi connectivity index (χ2n) is 4.01. The van der Waals surface area contributed by atoms with Gasteiger partial charge in [0.1, 0.15) is 0 Å². The second kappa shape index (κ2) is 5.47. The Balaban J connectivity index is 2.49. The molecule has 0 fully saturated rings. The van der Waals surface area contributed by atoms with Crippen LogP contribution in [0, 0.1) is 18.6 Å². The van der Waals surface area contributed by atoms with Crippen LogP contribution in [-0.2, 0) is 0 Å². The van der Waals surface area contributed by atoms with Crippen molar-refractivity contribution in [2.45, 2.75) is 13.0 Å². The molecule has 1 unspecified atom stereocenters. The first-order valence-corrected chi connectivity index (χ1v) is 7.07. The van der Waals surface area contributed by atoms with E-state index < -0.39 is 11.6 Å². The third kappa shape index (κ3) is 2.48. The Morgan fingerprint density at radius 1 is 1.28 bits per heavy atom. The largest absolute Gasteiger partial charge is 0.309 e. The maximum atomic E-state index is 14.0. The molecule has 1 atom stereocenters. The minimum atomic E-state index is -0.781. The Labute approximate surface area is 117 Å². The van der Waals surface area contributed by atoms with Crippen molar-refractivity contribution in [3.8, 4) is 0 Å². The van der Waals surface area contributed by atoms with Gasteiger partial charge in [-0.1, -0.05) is 12.1 Å². The highest BCUT2D eigenvalue weighted by molar-refractivity contribution is 9.11. The van der Waals surface area contributed by atoms with Gasteiger partial charge in [-0.3, -0.25) is 0 Å². The van der Waals surface area contributed by atoms with Gasteiger partial charge in [0.2, 0.25) is 0 Å². The first-order chi connectivity index (χ1) is 8.54. The molecule has 1 aromatic heterocycles. The summed E-state index contributed by atoms with van der Waals surface area (Å²) in [4.78, 5) is 0. The van der Waals surface area contributed by atoms with Gasteiger partial charge in [-0.15, -0.1) is 11.3 Å². The van der Waals surface area contributed by atoms with Crippen LogP contribution in [0.3, 0.4) is 0 Å². The van der Waals surface area contributed by atoms with E-state index >= 15 is 0 Å². The van der Waals surface area contributed by atoms with E-state index in [1.54, 1.807) is 26.1 Å². The molecule has 0 saturated heterocycles. The molecule has 0 saturated carbocycles. The van der Waals surface area contributed by atoms with E-state index in [0.29, 0.717) is 11.1 Å². The molecule has 1 heterocycles. The summed E-state index contributed by atoms with van der Waals surface area (Å²) in [7, 11) is 1.73. The van der Waals surface area contributed by atoms with Gasteiger partial charge < -0.3 is 5.32 Å². The van der Waals surface area contributed by atoms with E-state index in [1.165, 1.54) is 11.3 Å². The van der Waals surface area contributed by atoms with Crippen molar-refractivity contribution < 1.29 is 8.78 Å². The van der Waals surface area contributed by atoms with Gasteiger partial charge in [-0.05, 0) is 52.5 Å². The summed E-state index contributed by atoms with van der Waals surface area (Å²) in [5, 5.41) is 4.93. The molecule has 0 aliphatic rings. The molecule has 0 bridgehead atoms. The maximum Gasteiger partial charge on any atom is 0.164 e. The molecular formula is C13H12BrF2NS. The van der Waals surface area contributed by atoms with Gasteiger partial charge in [0.25, 0.3) is 0 Å². The molecule has 2 rings (SSSR count). The van der Waals surface area contributed by atoms with Crippen molar-refractivity contribution in [3.05, 3.63) is 55.7 Å². The SMILES string of the molecule is CNC(c1csc(Br)c1)c1ccc(C)c(F)c1F. The molecule has 96 valence electrons. The average molecular weight is 332 g/mol. The van der Waals surface area contributed by atoms with Crippen molar-refractivity contribution in [1.29, 1.82) is 0 Å². The van der Waals surface area contributed by atoms with E-state index in [1.807, 2.05) is 11.4 Å². The second-order valence-corrected chi connectivity index (χ2v) is 6.30. The van der Waals surface area contributed by atoms with Crippen LogP contribution in [0.25, 0.3) is 0 Å². The van der Waals surface area contributed by atoms with Gasteiger partial charge in [0.05, 0.1) is 9.83 Å². The summed E-state index contributed by atoms with van der Waals surface area (Å²) >= 11 is 4.89. The van der Waals surface area contributed by atoms with Gasteiger partial charge in [0, 0.05) is 5.56 Å². The highest BCUT2D eigenvalue weighted by Crippen LogP contribution is 2.31. The molecular weight excluding hydrogens is 320 g/mol. The molecule has 1 nitrogen and oxygen atoms in total. The molecule has 0 spiro atoms. The number of thiophene rings is 1. The molecule has 5 heteroatoms. The number of halogens is 3. The lowest BCUT2D eigenvalue weighted by Gasteiger charge is -2.17. The highest BCUT2D eigenvalue weighted by Gasteiger charge is 2.20. The van der Waals surface area contributed by atoms with Gasteiger partial charge >= 0.3 is 0 Å². The fourth-order valence-electron chi connectivity index (χ4n) is 1.86. The normalized spacial score (nSPS) is 12.7. The zero-order valence-electron chi connectivity index (χ0n) is 9.93. The topological polar surface area (TPSA) is 12.0 Å². The van der Waals surface area contributed by atoms with E-state index in [-0.39, 0.29) is 6.04 Å². The molecule has 18 heavy (non-hydrogen) atoms. The van der Waals surface area contributed by atoms with Crippen molar-refractivity contribution in [3.63, 3.8) is 0 Å². The van der Waals surface area contributed by atoms with Crippen molar-refractivity contribution in [2.24, 2.45) is 0 Å². The zero-order valence-corrected chi connectivity index (χ0v) is 12.3. The Morgan fingerprint density at radius 3 is 2.56 bits per heavy atom. The fraction of sp³-hybridized carbons (Fsp3) is 0.231. The number of aryl methyl sites for hydroxylation is 1. The van der Waals surface area contributed by atoms with E-state index in [0.717, 1.165) is 9.35 Å². The summed E-state index contributed by atoms with van der Waals surface area (Å²) in [6.07, 6.45) is 0. The van der Waals surface area contributed by atoms with Crippen LogP contribution >= 0.6 is 27.3 Å². The number of nitrogens with one attached hydrogen (secondary N) is 1. The predicted octanol–water partition coefficient (Wildman–Crippen LogP) is 4.41. The maximum absolute atomic E-state index is 14.0. The monoisotopic (exact) mass is 331 g/mol. The predicted molar refractivity (Wildman–Crippen MR) is 74.0 cm³/mol. The minimum absolute atomic E-state index is 0.317. The summed E-state index contributed by atoms with van der Waals surface area (Å²) in [5.74, 6) is -1.56. The number of hydrogen-bond acceptors (Lipinski definition) is 2. The fourth-order valence-corrected chi connectivity index (χ4v) is 3.06. The number of hydrogen-bond donors (Lipinski definition) is 1. The van der Waals surface area contributed by atoms with Crippen LogP contribution in [0.5, 0.6) is 0 Å². The van der Waals surface area contributed by atoms with Crippen LogP contribution in [0.1, 0.15) is 22.7 Å². The third-order valence-corrected chi connectivity index (χ3v) is 4.35. The molecule has 0 aliphatic heterocycles. The highest BCUT2D eigenvalue weighted by atomic mass is 79.9. The molecule has 0 amide bonds. The molecule has 0 radical (unpaired) electrons. The summed E-state index contributed by atoms with van der Waals surface area (Å²) in [5.41, 5.74) is 1.56. The quantitative estimate of drug-likeness (QED) is 0.878. The Bertz CT molecular complexity index is 568. The van der Waals surface area contributed by atoms with Crippen LogP contribution in [0.15, 0.2) is 27.4 Å². The first-order valence-electron chi connectivity index (χ1n) is 5.40. The minimum Gasteiger partial charge on any atom is -0.309 e. The van der Waals surface area contributed by atoms with E-state index in [4.69, 9.17) is 0 Å². The van der Waals surface area contributed by atoms with Gasteiger partial charge in [-0.2, -0.15) is 0 Å². The Kier molecular flexibility index (Phi) is 4.14. The first kappa shape index (κ1) is 13.6. The van der Waals surface area contributed by atoms with Crippen molar-refractivity contribution in [2.75, 3.05) is 7.05 Å². The lowest BCUT2D eigenvalue weighted by atomic mass is 9.99. The van der Waals surface area contributed by atoms with Gasteiger partial charge in [0.15, 0.2) is 11.6 Å². The summed E-state index contributed by atoms with van der Waals surface area (Å²) in [6, 6.07) is 4.78. The van der Waals surface area contributed by atoms with Crippen LogP contribution < -0.4 is 5.32 Å². The lowest BCUT2D eigenvalue weighted by molar-refractivity contribution is 0.482. The molecule has 2 aromatic rings. The zero-order chi connectivity index (χ0) is 13.3. The molecule has 1 aromatic carbocycles. The molecule has 1 N–H and O–H groups in total. The molecule has 0 aliphatic carbocycles. The third-order valence-electron chi connectivity index (χ3n) is 2.83. The number of rotatable bonds is 3. The lowest BCUT2D eigenvalue weighted by Crippen LogP contribution is -2.19. The van der Waals surface area contributed by atoms with Crippen molar-refractivity contribution in [1.82, 2.24) is 5.32 Å². The van der Waals surface area contributed by atoms with Crippen LogP contribution in [0.4, 0.5) is 8.78 Å². The van der Waals surface area contributed by atoms with Crippen molar-refractivity contribution >= 4 is 27.3 Å². The summed E-state index contributed by atoms with van der Waals surface area (Å²) < 4.78 is 28.5. The van der Waals surface area contributed by atoms with E-state index in [9.17, 15) is 8.78 Å². The van der Waals surface area contributed by atoms with Crippen LogP contribution in [-0.4, -0.2) is 7.05 Å². The van der Waals surface area contributed by atoms with E-state index in [2.05, 4.69) is 21.2 Å². The standard InChI is InChI=1S/C13H12BrF2NS/c1-7-3-4-9(12(16)11(7)15)13(17-2)8-5-10(14)18-6-8/h3-6,13,17H,1-2H3. The van der Waals surface area contributed by atoms with Crippen LogP contribution in [0.2, 0.25) is 0 Å². The smallest absolute Gasteiger partial charge is 0.164 e. The average Bonchev–Trinajstić information content (AvgIpc) is 2.77. The Hall–Kier alpha value is -0.780. The van der Waals surface area contributed by atoms with Gasteiger partial charge in [-0.25, -0.2) is 8.78 Å². The Morgan fingerprint density at radius 2 is 2.00 bits per heavy atom.